The van der Waals surface area contributed by atoms with Gasteiger partial charge < -0.3 is 9.88 Å². The topological polar surface area (TPSA) is 73.8 Å². The third-order valence-corrected chi connectivity index (χ3v) is 4.46. The Bertz CT molecular complexity index is 821. The van der Waals surface area contributed by atoms with Crippen LogP contribution in [0.3, 0.4) is 0 Å². The van der Waals surface area contributed by atoms with Gasteiger partial charge in [0.15, 0.2) is 11.2 Å². The number of aryl methyl sites for hydroxylation is 2. The van der Waals surface area contributed by atoms with E-state index in [0.29, 0.717) is 17.7 Å². The average Bonchev–Trinajstić information content (AvgIpc) is 3.07. The number of fused-ring (bicyclic) bond motifs is 1. The summed E-state index contributed by atoms with van der Waals surface area (Å²) in [5.41, 5.74) is 0.561. The molecule has 0 spiro atoms. The first-order valence-corrected chi connectivity index (χ1v) is 7.90. The van der Waals surface area contributed by atoms with E-state index in [9.17, 15) is 9.59 Å². The maximum absolute atomic E-state index is 12.9. The molecule has 0 saturated carbocycles. The zero-order valence-corrected chi connectivity index (χ0v) is 13.6. The van der Waals surface area contributed by atoms with Crippen molar-refractivity contribution in [2.75, 3.05) is 13.1 Å². The van der Waals surface area contributed by atoms with Crippen molar-refractivity contribution in [1.82, 2.24) is 24.0 Å². The van der Waals surface area contributed by atoms with Gasteiger partial charge in [0.25, 0.3) is 5.56 Å². The van der Waals surface area contributed by atoms with E-state index in [4.69, 9.17) is 0 Å². The second-order valence-corrected chi connectivity index (χ2v) is 6.18. The number of hydrogen-bond acceptors (Lipinski definition) is 4. The van der Waals surface area contributed by atoms with Crippen LogP contribution in [0.2, 0.25) is 0 Å². The summed E-state index contributed by atoms with van der Waals surface area (Å²) in [7, 11) is 1.85. The van der Waals surface area contributed by atoms with Gasteiger partial charge in [-0.2, -0.15) is 0 Å². The molecule has 3 heterocycles. The van der Waals surface area contributed by atoms with Crippen molar-refractivity contribution in [2.45, 2.75) is 45.7 Å². The molecule has 7 heteroatoms. The van der Waals surface area contributed by atoms with Crippen LogP contribution < -0.4 is 16.6 Å². The summed E-state index contributed by atoms with van der Waals surface area (Å²) in [6.45, 7) is 7.39. The Morgan fingerprint density at radius 2 is 2.09 bits per heavy atom. The highest BCUT2D eigenvalue weighted by Crippen LogP contribution is 2.17. The fraction of sp³-hybridized carbons (Fsp3) is 0.667. The SMILES string of the molecule is CCc1nc2c(c(=O)n(C3CCNC3)c(=O)n2C(C)C)n1C. The number of hydrogen-bond donors (Lipinski definition) is 1. The number of nitrogens with zero attached hydrogens (tertiary/aromatic N) is 4. The van der Waals surface area contributed by atoms with Crippen molar-refractivity contribution in [1.29, 1.82) is 0 Å². The molecule has 0 amide bonds. The third kappa shape index (κ3) is 2.03. The minimum atomic E-state index is -0.248. The molecule has 7 nitrogen and oxygen atoms in total. The van der Waals surface area contributed by atoms with Crippen LogP contribution in [0.15, 0.2) is 9.59 Å². The maximum atomic E-state index is 12.9. The smallest absolute Gasteiger partial charge is 0.325 e. The molecule has 0 bridgehead atoms. The lowest BCUT2D eigenvalue weighted by atomic mass is 10.2. The van der Waals surface area contributed by atoms with Gasteiger partial charge in [-0.1, -0.05) is 6.92 Å². The fourth-order valence-corrected chi connectivity index (χ4v) is 3.31. The molecule has 3 rings (SSSR count). The molecule has 1 unspecified atom stereocenters. The lowest BCUT2D eigenvalue weighted by Crippen LogP contribution is -2.43. The zero-order valence-electron chi connectivity index (χ0n) is 13.6. The summed E-state index contributed by atoms with van der Waals surface area (Å²) in [6.07, 6.45) is 1.53. The first-order chi connectivity index (χ1) is 10.5. The normalized spacial score (nSPS) is 18.7. The molecule has 1 aliphatic heterocycles. The molecule has 0 aliphatic carbocycles. The summed E-state index contributed by atoms with van der Waals surface area (Å²) in [5.74, 6) is 0.822. The van der Waals surface area contributed by atoms with Gasteiger partial charge in [-0.15, -0.1) is 0 Å². The Balaban J connectivity index is 2.44. The lowest BCUT2D eigenvalue weighted by molar-refractivity contribution is 0.462. The number of aromatic nitrogens is 4. The predicted molar refractivity (Wildman–Crippen MR) is 85.5 cm³/mol. The van der Waals surface area contributed by atoms with Crippen LogP contribution >= 0.6 is 0 Å². The van der Waals surface area contributed by atoms with E-state index in [0.717, 1.165) is 25.2 Å². The summed E-state index contributed by atoms with van der Waals surface area (Å²) in [4.78, 5) is 30.4. The summed E-state index contributed by atoms with van der Waals surface area (Å²) in [6, 6.07) is -0.120. The van der Waals surface area contributed by atoms with Gasteiger partial charge in [0, 0.05) is 26.1 Å². The molecule has 2 aromatic rings. The number of nitrogens with one attached hydrogen (secondary N) is 1. The highest BCUT2D eigenvalue weighted by Gasteiger charge is 2.26. The standard InChI is InChI=1S/C15H23N5O2/c1-5-11-17-13-12(18(11)4)14(21)20(10-6-7-16-8-10)15(22)19(13)9(2)3/h9-10,16H,5-8H2,1-4H3. The molecule has 0 aromatic carbocycles. The first-order valence-electron chi connectivity index (χ1n) is 7.90. The fourth-order valence-electron chi connectivity index (χ4n) is 3.31. The molecule has 22 heavy (non-hydrogen) atoms. The van der Waals surface area contributed by atoms with Crippen molar-refractivity contribution >= 4 is 11.2 Å². The Labute approximate surface area is 128 Å². The van der Waals surface area contributed by atoms with E-state index >= 15 is 0 Å². The Morgan fingerprint density at radius 1 is 1.36 bits per heavy atom. The first kappa shape index (κ1) is 15.0. The Morgan fingerprint density at radius 3 is 2.64 bits per heavy atom. The quantitative estimate of drug-likeness (QED) is 0.900. The van der Waals surface area contributed by atoms with Crippen molar-refractivity contribution in [3.8, 4) is 0 Å². The monoisotopic (exact) mass is 305 g/mol. The summed E-state index contributed by atoms with van der Waals surface area (Å²) in [5, 5.41) is 3.22. The van der Waals surface area contributed by atoms with Crippen molar-refractivity contribution in [2.24, 2.45) is 7.05 Å². The van der Waals surface area contributed by atoms with Gasteiger partial charge in [-0.05, 0) is 26.8 Å². The van der Waals surface area contributed by atoms with Crippen molar-refractivity contribution in [3.05, 3.63) is 26.7 Å². The third-order valence-electron chi connectivity index (χ3n) is 4.46. The molecule has 2 aromatic heterocycles. The summed E-state index contributed by atoms with van der Waals surface area (Å²) >= 11 is 0. The number of imidazole rings is 1. The van der Waals surface area contributed by atoms with Crippen LogP contribution in [0.5, 0.6) is 0 Å². The maximum Gasteiger partial charge on any atom is 0.333 e. The van der Waals surface area contributed by atoms with Crippen LogP contribution in [0.1, 0.15) is 45.1 Å². The molecule has 120 valence electrons. The van der Waals surface area contributed by atoms with E-state index in [2.05, 4.69) is 10.3 Å². The van der Waals surface area contributed by atoms with Crippen LogP contribution in [0.25, 0.3) is 11.2 Å². The minimum absolute atomic E-state index is 0.0455. The van der Waals surface area contributed by atoms with Gasteiger partial charge in [0.1, 0.15) is 5.82 Å². The van der Waals surface area contributed by atoms with Gasteiger partial charge in [-0.25, -0.2) is 9.78 Å². The van der Waals surface area contributed by atoms with E-state index < -0.39 is 0 Å². The van der Waals surface area contributed by atoms with Crippen molar-refractivity contribution in [3.63, 3.8) is 0 Å². The average molecular weight is 305 g/mol. The van der Waals surface area contributed by atoms with Gasteiger partial charge >= 0.3 is 5.69 Å². The molecule has 0 radical (unpaired) electrons. The molecule has 1 N–H and O–H groups in total. The number of rotatable bonds is 3. The minimum Gasteiger partial charge on any atom is -0.325 e. The van der Waals surface area contributed by atoms with Crippen LogP contribution in [0, 0.1) is 0 Å². The molecule has 1 atom stereocenters. The highest BCUT2D eigenvalue weighted by atomic mass is 16.2. The van der Waals surface area contributed by atoms with Gasteiger partial charge in [-0.3, -0.25) is 13.9 Å². The Kier molecular flexibility index (Phi) is 3.68. The lowest BCUT2D eigenvalue weighted by Gasteiger charge is -2.17. The van der Waals surface area contributed by atoms with E-state index in [1.54, 1.807) is 4.57 Å². The van der Waals surface area contributed by atoms with Crippen molar-refractivity contribution < 1.29 is 0 Å². The highest BCUT2D eigenvalue weighted by molar-refractivity contribution is 5.71. The second-order valence-electron chi connectivity index (χ2n) is 6.18. The van der Waals surface area contributed by atoms with Crippen LogP contribution in [-0.2, 0) is 13.5 Å². The van der Waals surface area contributed by atoms with Gasteiger partial charge in [0.05, 0.1) is 6.04 Å². The molecular formula is C15H23N5O2. The zero-order chi connectivity index (χ0) is 16.0. The van der Waals surface area contributed by atoms with Crippen LogP contribution in [0.4, 0.5) is 0 Å². The van der Waals surface area contributed by atoms with E-state index in [-0.39, 0.29) is 23.3 Å². The molecule has 1 saturated heterocycles. The largest absolute Gasteiger partial charge is 0.333 e. The molecule has 1 fully saturated rings. The van der Waals surface area contributed by atoms with E-state index in [1.807, 2.05) is 32.4 Å². The summed E-state index contributed by atoms with van der Waals surface area (Å²) < 4.78 is 4.90. The molecule has 1 aliphatic rings. The Hall–Kier alpha value is -1.89. The predicted octanol–water partition coefficient (Wildman–Crippen LogP) is 0.574. The second kappa shape index (κ2) is 5.39. The molecular weight excluding hydrogens is 282 g/mol. The van der Waals surface area contributed by atoms with E-state index in [1.165, 1.54) is 4.57 Å². The van der Waals surface area contributed by atoms with Crippen LogP contribution in [-0.4, -0.2) is 31.8 Å². The van der Waals surface area contributed by atoms with Gasteiger partial charge in [0.2, 0.25) is 0 Å².